The third-order valence-electron chi connectivity index (χ3n) is 4.75. The summed E-state index contributed by atoms with van der Waals surface area (Å²) in [4.78, 5) is 62.3. The zero-order chi connectivity index (χ0) is 24.8. The lowest BCUT2D eigenvalue weighted by atomic mass is 10.1. The van der Waals surface area contributed by atoms with Gasteiger partial charge in [-0.1, -0.05) is 0 Å². The third kappa shape index (κ3) is 5.80. The molecular weight excluding hydrogens is 450 g/mol. The fourth-order valence-corrected chi connectivity index (χ4v) is 3.06. The number of aliphatic hydroxyl groups is 1. The molecule has 2 heterocycles. The van der Waals surface area contributed by atoms with E-state index in [0.717, 1.165) is 0 Å². The van der Waals surface area contributed by atoms with E-state index < -0.39 is 42.6 Å². The van der Waals surface area contributed by atoms with E-state index in [0.29, 0.717) is 11.4 Å². The van der Waals surface area contributed by atoms with Gasteiger partial charge < -0.3 is 31.3 Å². The van der Waals surface area contributed by atoms with E-state index in [1.54, 1.807) is 0 Å². The number of H-pyrrole nitrogens is 1. The van der Waals surface area contributed by atoms with E-state index in [1.165, 1.54) is 35.4 Å². The predicted molar refractivity (Wildman–Crippen MR) is 118 cm³/mol. The first-order valence-electron chi connectivity index (χ1n) is 9.90. The highest BCUT2D eigenvalue weighted by molar-refractivity contribution is 5.97. The second-order valence-electron chi connectivity index (χ2n) is 7.17. The molecule has 0 spiro atoms. The number of benzene rings is 1. The number of carbonyl (C=O) groups excluding carboxylic acids is 1. The van der Waals surface area contributed by atoms with Crippen molar-refractivity contribution in [2.24, 2.45) is 0 Å². The third-order valence-corrected chi connectivity index (χ3v) is 4.75. The average molecular weight is 471 g/mol. The lowest BCUT2D eigenvalue weighted by Crippen LogP contribution is -2.41. The highest BCUT2D eigenvalue weighted by atomic mass is 16.4. The summed E-state index contributed by atoms with van der Waals surface area (Å²) in [6.45, 7) is -0.344. The first-order valence-corrected chi connectivity index (χ1v) is 9.90. The molecular formula is C20H21N7O7. The molecule has 3 aromatic rings. The lowest BCUT2D eigenvalue weighted by molar-refractivity contribution is -0.140. The van der Waals surface area contributed by atoms with Crippen LogP contribution in [-0.2, 0) is 16.1 Å². The number of carboxylic acids is 2. The number of nitrogens with two attached hydrogens (primary N) is 1. The molecule has 14 nitrogen and oxygen atoms in total. The Bertz CT molecular complexity index is 1280. The number of nitrogens with one attached hydrogen (secondary N) is 2. The van der Waals surface area contributed by atoms with Crippen LogP contribution in [-0.4, -0.2) is 65.9 Å². The number of aromatic nitrogens is 4. The van der Waals surface area contributed by atoms with Gasteiger partial charge in [0.25, 0.3) is 11.5 Å². The fraction of sp³-hybridized carbons (Fsp3) is 0.250. The normalized spacial score (nSPS) is 11.7. The highest BCUT2D eigenvalue weighted by Crippen LogP contribution is 2.18. The summed E-state index contributed by atoms with van der Waals surface area (Å²) in [5, 5.41) is 30.0. The summed E-state index contributed by atoms with van der Waals surface area (Å²) in [6.07, 6.45) is 0.723. The Balaban J connectivity index is 1.72. The molecule has 34 heavy (non-hydrogen) atoms. The number of aliphatic carboxylic acids is 2. The van der Waals surface area contributed by atoms with E-state index in [1.807, 2.05) is 0 Å². The van der Waals surface area contributed by atoms with Crippen molar-refractivity contribution in [1.29, 1.82) is 0 Å². The van der Waals surface area contributed by atoms with E-state index in [-0.39, 0.29) is 35.6 Å². The number of nitrogen functional groups attached to an aromatic ring is 1. The Morgan fingerprint density at radius 2 is 1.85 bits per heavy atom. The maximum absolute atomic E-state index is 12.4. The SMILES string of the molecule is Nc1nc2ncc(CN(CO)c3ccc(C(=O)N[C@@H](CCC(=O)O)C(=O)O)cc3)nc2c(=O)[nH]1. The second-order valence-corrected chi connectivity index (χ2v) is 7.17. The van der Waals surface area contributed by atoms with Gasteiger partial charge in [-0.2, -0.15) is 4.98 Å². The van der Waals surface area contributed by atoms with E-state index in [2.05, 4.69) is 25.3 Å². The van der Waals surface area contributed by atoms with Gasteiger partial charge in [0, 0.05) is 17.7 Å². The first-order chi connectivity index (χ1) is 16.2. The summed E-state index contributed by atoms with van der Waals surface area (Å²) >= 11 is 0. The molecule has 0 aliphatic heterocycles. The van der Waals surface area contributed by atoms with Crippen molar-refractivity contribution in [3.8, 4) is 0 Å². The highest BCUT2D eigenvalue weighted by Gasteiger charge is 2.22. The molecule has 0 radical (unpaired) electrons. The van der Waals surface area contributed by atoms with Gasteiger partial charge in [-0.3, -0.25) is 19.4 Å². The molecule has 0 aliphatic rings. The van der Waals surface area contributed by atoms with Gasteiger partial charge in [0.1, 0.15) is 12.8 Å². The molecule has 14 heteroatoms. The van der Waals surface area contributed by atoms with Crippen molar-refractivity contribution in [2.75, 3.05) is 17.4 Å². The van der Waals surface area contributed by atoms with Crippen LogP contribution in [0.2, 0.25) is 0 Å². The quantitative estimate of drug-likeness (QED) is 0.202. The molecule has 2 aromatic heterocycles. The van der Waals surface area contributed by atoms with Crippen LogP contribution >= 0.6 is 0 Å². The number of aliphatic hydroxyl groups excluding tert-OH is 1. The Morgan fingerprint density at radius 3 is 2.47 bits per heavy atom. The molecule has 1 amide bonds. The van der Waals surface area contributed by atoms with Gasteiger partial charge in [-0.15, -0.1) is 0 Å². The lowest BCUT2D eigenvalue weighted by Gasteiger charge is -2.22. The number of hydrogen-bond acceptors (Lipinski definition) is 10. The predicted octanol–water partition coefficient (Wildman–Crippen LogP) is -0.700. The number of amides is 1. The van der Waals surface area contributed by atoms with Crippen LogP contribution < -0.4 is 21.5 Å². The topological polar surface area (TPSA) is 225 Å². The van der Waals surface area contributed by atoms with E-state index in [4.69, 9.17) is 10.8 Å². The Hall–Kier alpha value is -4.59. The van der Waals surface area contributed by atoms with Crippen LogP contribution in [0, 0.1) is 0 Å². The molecule has 3 rings (SSSR count). The minimum absolute atomic E-state index is 0.00695. The van der Waals surface area contributed by atoms with Gasteiger partial charge in [-0.25, -0.2) is 14.8 Å². The standard InChI is InChI=1S/C20H21N7O7/c21-20-25-16-15(18(32)26-20)23-11(7-22-16)8-27(9-28)12-3-1-10(2-4-12)17(31)24-13(19(33)34)5-6-14(29)30/h1-4,7,13,28H,5-6,8-9H2,(H,24,31)(H,29,30)(H,33,34)(H3,21,22,25,26,32)/t13-/m0/s1. The van der Waals surface area contributed by atoms with Crippen molar-refractivity contribution in [2.45, 2.75) is 25.4 Å². The number of hydrogen-bond donors (Lipinski definition) is 6. The number of anilines is 2. The molecule has 0 aliphatic carbocycles. The molecule has 0 unspecified atom stereocenters. The van der Waals surface area contributed by atoms with Gasteiger partial charge in [0.15, 0.2) is 11.2 Å². The van der Waals surface area contributed by atoms with Crippen molar-refractivity contribution in [1.82, 2.24) is 25.3 Å². The molecule has 1 atom stereocenters. The molecule has 0 saturated carbocycles. The zero-order valence-electron chi connectivity index (χ0n) is 17.6. The van der Waals surface area contributed by atoms with E-state index in [9.17, 15) is 29.4 Å². The summed E-state index contributed by atoms with van der Waals surface area (Å²) in [7, 11) is 0. The van der Waals surface area contributed by atoms with Crippen LogP contribution in [0.25, 0.3) is 11.2 Å². The summed E-state index contributed by atoms with van der Waals surface area (Å²) in [6, 6.07) is 4.56. The fourth-order valence-electron chi connectivity index (χ4n) is 3.06. The molecule has 0 saturated heterocycles. The monoisotopic (exact) mass is 471 g/mol. The van der Waals surface area contributed by atoms with Gasteiger partial charge in [0.2, 0.25) is 5.95 Å². The van der Waals surface area contributed by atoms with Gasteiger partial charge in [-0.05, 0) is 30.7 Å². The maximum atomic E-state index is 12.4. The van der Waals surface area contributed by atoms with Gasteiger partial charge >= 0.3 is 11.9 Å². The number of fused-ring (bicyclic) bond motifs is 1. The average Bonchev–Trinajstić information content (AvgIpc) is 2.80. The van der Waals surface area contributed by atoms with Crippen molar-refractivity contribution < 1.29 is 29.7 Å². The zero-order valence-corrected chi connectivity index (χ0v) is 17.6. The minimum atomic E-state index is -1.35. The summed E-state index contributed by atoms with van der Waals surface area (Å²) in [5.41, 5.74) is 6.02. The number of aromatic amines is 1. The number of nitrogens with zero attached hydrogens (tertiary/aromatic N) is 4. The molecule has 7 N–H and O–H groups in total. The van der Waals surface area contributed by atoms with Crippen molar-refractivity contribution in [3.05, 3.63) is 52.1 Å². The van der Waals surface area contributed by atoms with Crippen molar-refractivity contribution >= 4 is 40.6 Å². The molecule has 0 bridgehead atoms. The first kappa shape index (κ1) is 24.1. The molecule has 1 aromatic carbocycles. The Labute approximate surface area is 191 Å². The summed E-state index contributed by atoms with van der Waals surface area (Å²) < 4.78 is 0. The molecule has 0 fully saturated rings. The second kappa shape index (κ2) is 10.4. The maximum Gasteiger partial charge on any atom is 0.326 e. The van der Waals surface area contributed by atoms with Crippen LogP contribution in [0.4, 0.5) is 11.6 Å². The largest absolute Gasteiger partial charge is 0.481 e. The van der Waals surface area contributed by atoms with Crippen LogP contribution in [0.5, 0.6) is 0 Å². The number of carbonyl (C=O) groups is 3. The van der Waals surface area contributed by atoms with Crippen molar-refractivity contribution in [3.63, 3.8) is 0 Å². The van der Waals surface area contributed by atoms with Gasteiger partial charge in [0.05, 0.1) is 18.4 Å². The smallest absolute Gasteiger partial charge is 0.326 e. The number of rotatable bonds is 10. The van der Waals surface area contributed by atoms with Crippen LogP contribution in [0.15, 0.2) is 35.3 Å². The van der Waals surface area contributed by atoms with Crippen LogP contribution in [0.3, 0.4) is 0 Å². The van der Waals surface area contributed by atoms with Crippen LogP contribution in [0.1, 0.15) is 28.9 Å². The summed E-state index contributed by atoms with van der Waals surface area (Å²) in [5.74, 6) is -3.29. The van der Waals surface area contributed by atoms with E-state index >= 15 is 0 Å². The Kier molecular flexibility index (Phi) is 7.33. The minimum Gasteiger partial charge on any atom is -0.481 e. The number of carboxylic acid groups (broad SMARTS) is 2. The Morgan fingerprint density at radius 1 is 1.15 bits per heavy atom. The molecule has 178 valence electrons.